The molecule has 0 radical (unpaired) electrons. The van der Waals surface area contributed by atoms with Gasteiger partial charge in [0, 0.05) is 19.1 Å². The summed E-state index contributed by atoms with van der Waals surface area (Å²) < 4.78 is 38.7. The number of hydrogen-bond donors (Lipinski definition) is 1. The number of nitrogens with zero attached hydrogens (tertiary/aromatic N) is 2. The van der Waals surface area contributed by atoms with Crippen molar-refractivity contribution >= 4 is 0 Å². The molecule has 0 aromatic carbocycles. The number of hydrogen-bond acceptors (Lipinski definition) is 3. The third-order valence-corrected chi connectivity index (χ3v) is 4.46. The van der Waals surface area contributed by atoms with E-state index in [9.17, 15) is 18.4 Å². The highest BCUT2D eigenvalue weighted by molar-refractivity contribution is 5.17. The molecule has 2 rings (SSSR count). The summed E-state index contributed by atoms with van der Waals surface area (Å²) in [6, 6.07) is 2.52. The van der Waals surface area contributed by atoms with Gasteiger partial charge in [0.25, 0.3) is 0 Å². The lowest BCUT2D eigenvalue weighted by molar-refractivity contribution is -0.187. The Balaban J connectivity index is 2.05. The lowest BCUT2D eigenvalue weighted by Gasteiger charge is -2.40. The van der Waals surface area contributed by atoms with Crippen molar-refractivity contribution in [2.45, 2.75) is 57.3 Å². The molecule has 3 nitrogen and oxygen atoms in total. The summed E-state index contributed by atoms with van der Waals surface area (Å²) in [4.78, 5) is 1.83. The SMILES string of the molecule is CC(C)NC(C#N)(CN1CCCC(C(F)(F)F)C1)C1CC1. The summed E-state index contributed by atoms with van der Waals surface area (Å²) in [6.07, 6.45) is -1.38. The zero-order chi connectivity index (χ0) is 15.7. The molecule has 2 aliphatic rings. The molecule has 21 heavy (non-hydrogen) atoms. The molecule has 1 heterocycles. The van der Waals surface area contributed by atoms with Gasteiger partial charge in [-0.3, -0.25) is 10.2 Å². The fourth-order valence-corrected chi connectivity index (χ4v) is 3.36. The van der Waals surface area contributed by atoms with E-state index in [1.54, 1.807) is 0 Å². The van der Waals surface area contributed by atoms with E-state index in [1.807, 2.05) is 18.7 Å². The van der Waals surface area contributed by atoms with Gasteiger partial charge in [-0.05, 0) is 52.0 Å². The number of rotatable bonds is 5. The molecule has 0 spiro atoms. The third-order valence-electron chi connectivity index (χ3n) is 4.46. The van der Waals surface area contributed by atoms with Gasteiger partial charge in [-0.25, -0.2) is 0 Å². The Morgan fingerprint density at radius 1 is 1.24 bits per heavy atom. The molecular weight excluding hydrogens is 279 g/mol. The van der Waals surface area contributed by atoms with Gasteiger partial charge in [-0.15, -0.1) is 0 Å². The molecule has 2 fully saturated rings. The lowest BCUT2D eigenvalue weighted by Crippen LogP contribution is -2.58. The molecule has 120 valence electrons. The maximum Gasteiger partial charge on any atom is 0.393 e. The Hall–Kier alpha value is -0.800. The molecule has 2 atom stereocenters. The first-order chi connectivity index (χ1) is 9.77. The minimum Gasteiger partial charge on any atom is -0.300 e. The number of halogens is 3. The van der Waals surface area contributed by atoms with Gasteiger partial charge in [-0.2, -0.15) is 18.4 Å². The van der Waals surface area contributed by atoms with Crippen LogP contribution in [0.25, 0.3) is 0 Å². The van der Waals surface area contributed by atoms with Gasteiger partial charge in [0.1, 0.15) is 5.54 Å². The van der Waals surface area contributed by atoms with E-state index in [1.165, 1.54) is 0 Å². The molecular formula is C15H24F3N3. The van der Waals surface area contributed by atoms with Gasteiger partial charge in [0.05, 0.1) is 12.0 Å². The maximum atomic E-state index is 12.9. The van der Waals surface area contributed by atoms with Crippen molar-refractivity contribution in [2.75, 3.05) is 19.6 Å². The van der Waals surface area contributed by atoms with E-state index in [4.69, 9.17) is 0 Å². The fourth-order valence-electron chi connectivity index (χ4n) is 3.36. The predicted molar refractivity (Wildman–Crippen MR) is 74.6 cm³/mol. The van der Waals surface area contributed by atoms with E-state index < -0.39 is 17.6 Å². The summed E-state index contributed by atoms with van der Waals surface area (Å²) in [6.45, 7) is 5.03. The quantitative estimate of drug-likeness (QED) is 0.849. The molecule has 0 amide bonds. The number of nitrogens with one attached hydrogen (secondary N) is 1. The molecule has 0 bridgehead atoms. The van der Waals surface area contributed by atoms with Crippen LogP contribution in [-0.4, -0.2) is 42.3 Å². The summed E-state index contributed by atoms with van der Waals surface area (Å²) >= 11 is 0. The smallest absolute Gasteiger partial charge is 0.300 e. The second-order valence-corrected chi connectivity index (χ2v) is 6.77. The van der Waals surface area contributed by atoms with Crippen LogP contribution < -0.4 is 5.32 Å². The van der Waals surface area contributed by atoms with E-state index in [0.29, 0.717) is 19.5 Å². The second-order valence-electron chi connectivity index (χ2n) is 6.77. The third kappa shape index (κ3) is 4.10. The van der Waals surface area contributed by atoms with Crippen LogP contribution in [0.2, 0.25) is 0 Å². The first-order valence-electron chi connectivity index (χ1n) is 7.75. The normalized spacial score (nSPS) is 27.4. The van der Waals surface area contributed by atoms with Crippen molar-refractivity contribution in [3.05, 3.63) is 0 Å². The van der Waals surface area contributed by atoms with E-state index in [-0.39, 0.29) is 24.9 Å². The second kappa shape index (κ2) is 6.13. The minimum absolute atomic E-state index is 0.0272. The summed E-state index contributed by atoms with van der Waals surface area (Å²) in [5, 5.41) is 13.0. The average Bonchev–Trinajstić information content (AvgIpc) is 3.21. The Morgan fingerprint density at radius 2 is 1.90 bits per heavy atom. The number of likely N-dealkylation sites (tertiary alicyclic amines) is 1. The summed E-state index contributed by atoms with van der Waals surface area (Å²) in [5.74, 6) is -0.975. The minimum atomic E-state index is -4.13. The highest BCUT2D eigenvalue weighted by Gasteiger charge is 2.49. The van der Waals surface area contributed by atoms with Gasteiger partial charge < -0.3 is 0 Å². The molecule has 0 aromatic heterocycles. The molecule has 1 N–H and O–H groups in total. The summed E-state index contributed by atoms with van der Waals surface area (Å²) in [7, 11) is 0. The highest BCUT2D eigenvalue weighted by atomic mass is 19.4. The predicted octanol–water partition coefficient (Wildman–Crippen LogP) is 2.93. The Bertz CT molecular complexity index is 398. The van der Waals surface area contributed by atoms with Crippen LogP contribution in [0.3, 0.4) is 0 Å². The first kappa shape index (κ1) is 16.6. The topological polar surface area (TPSA) is 39.1 Å². The van der Waals surface area contributed by atoms with Crippen molar-refractivity contribution in [1.29, 1.82) is 5.26 Å². The van der Waals surface area contributed by atoms with Crippen LogP contribution in [0.1, 0.15) is 39.5 Å². The number of alkyl halides is 3. The molecule has 1 aliphatic carbocycles. The maximum absolute atomic E-state index is 12.9. The molecule has 0 aromatic rings. The van der Waals surface area contributed by atoms with Crippen molar-refractivity contribution in [3.8, 4) is 6.07 Å². The Labute approximate surface area is 124 Å². The number of piperidine rings is 1. The fraction of sp³-hybridized carbons (Fsp3) is 0.933. The lowest BCUT2D eigenvalue weighted by atomic mass is 9.90. The van der Waals surface area contributed by atoms with E-state index >= 15 is 0 Å². The summed E-state index contributed by atoms with van der Waals surface area (Å²) in [5.41, 5.74) is -0.693. The monoisotopic (exact) mass is 303 g/mol. The van der Waals surface area contributed by atoms with Gasteiger partial charge in [0.2, 0.25) is 0 Å². The van der Waals surface area contributed by atoms with Crippen molar-refractivity contribution in [2.24, 2.45) is 11.8 Å². The van der Waals surface area contributed by atoms with Crippen LogP contribution in [0.4, 0.5) is 13.2 Å². The standard InChI is InChI=1S/C15H24F3N3/c1-11(2)20-14(9-19,12-5-6-12)10-21-7-3-4-13(8-21)15(16,17)18/h11-13,20H,3-8,10H2,1-2H3. The average molecular weight is 303 g/mol. The van der Waals surface area contributed by atoms with E-state index in [2.05, 4.69) is 11.4 Å². The molecule has 1 aliphatic heterocycles. The highest BCUT2D eigenvalue weighted by Crippen LogP contribution is 2.41. The van der Waals surface area contributed by atoms with Crippen LogP contribution in [0.15, 0.2) is 0 Å². The largest absolute Gasteiger partial charge is 0.393 e. The Morgan fingerprint density at radius 3 is 2.38 bits per heavy atom. The molecule has 1 saturated carbocycles. The van der Waals surface area contributed by atoms with Crippen molar-refractivity contribution in [3.63, 3.8) is 0 Å². The van der Waals surface area contributed by atoms with Crippen LogP contribution in [0.5, 0.6) is 0 Å². The zero-order valence-electron chi connectivity index (χ0n) is 12.7. The molecule has 2 unspecified atom stereocenters. The Kier molecular flexibility index (Phi) is 4.84. The van der Waals surface area contributed by atoms with E-state index in [0.717, 1.165) is 12.8 Å². The van der Waals surface area contributed by atoms with Crippen molar-refractivity contribution < 1.29 is 13.2 Å². The first-order valence-corrected chi connectivity index (χ1v) is 7.75. The van der Waals surface area contributed by atoms with Crippen molar-refractivity contribution in [1.82, 2.24) is 10.2 Å². The van der Waals surface area contributed by atoms with Gasteiger partial charge in [0.15, 0.2) is 0 Å². The number of nitriles is 1. The van der Waals surface area contributed by atoms with Crippen LogP contribution in [-0.2, 0) is 0 Å². The van der Waals surface area contributed by atoms with Crippen LogP contribution in [0, 0.1) is 23.2 Å². The molecule has 6 heteroatoms. The van der Waals surface area contributed by atoms with Gasteiger partial charge in [-0.1, -0.05) is 0 Å². The molecule has 1 saturated heterocycles. The zero-order valence-corrected chi connectivity index (χ0v) is 12.7. The van der Waals surface area contributed by atoms with Crippen LogP contribution >= 0.6 is 0 Å². The van der Waals surface area contributed by atoms with Gasteiger partial charge >= 0.3 is 6.18 Å².